The first-order valence-corrected chi connectivity index (χ1v) is 10.5. The first-order valence-electron chi connectivity index (χ1n) is 10.5. The molecule has 1 aliphatic carbocycles. The molecule has 0 radical (unpaired) electrons. The van der Waals surface area contributed by atoms with Gasteiger partial charge in [0.25, 0.3) is 0 Å². The predicted octanol–water partition coefficient (Wildman–Crippen LogP) is 4.28. The van der Waals surface area contributed by atoms with E-state index in [9.17, 15) is 0 Å². The normalized spacial score (nSPS) is 47.1. The Labute approximate surface area is 166 Å². The van der Waals surface area contributed by atoms with E-state index in [4.69, 9.17) is 28.7 Å². The molecule has 0 aromatic heterocycles. The van der Waals surface area contributed by atoms with Crippen molar-refractivity contribution in [3.05, 3.63) is 24.3 Å². The van der Waals surface area contributed by atoms with Crippen molar-refractivity contribution in [3.63, 3.8) is 0 Å². The molecule has 1 aromatic rings. The minimum absolute atomic E-state index is 0.156. The first kappa shape index (κ1) is 18.7. The van der Waals surface area contributed by atoms with E-state index in [0.29, 0.717) is 11.8 Å². The van der Waals surface area contributed by atoms with Gasteiger partial charge in [-0.15, -0.1) is 0 Å². The molecular formula is C22H30O6. The van der Waals surface area contributed by atoms with Gasteiger partial charge in [0.1, 0.15) is 11.5 Å². The van der Waals surface area contributed by atoms with Gasteiger partial charge in [-0.1, -0.05) is 13.8 Å². The highest BCUT2D eigenvalue weighted by atomic mass is 17.3. The quantitative estimate of drug-likeness (QED) is 0.718. The van der Waals surface area contributed by atoms with Crippen molar-refractivity contribution in [2.24, 2.45) is 23.7 Å². The van der Waals surface area contributed by atoms with Crippen LogP contribution in [0.15, 0.2) is 24.3 Å². The Morgan fingerprint density at radius 3 is 2.46 bits per heavy atom. The zero-order chi connectivity index (χ0) is 19.5. The fourth-order valence-electron chi connectivity index (χ4n) is 5.80. The summed E-state index contributed by atoms with van der Waals surface area (Å²) in [7, 11) is 1.66. The Kier molecular flexibility index (Phi) is 4.40. The standard InChI is InChI=1S/C22H30O6/c1-13-5-10-18-14(2)19(24-16-8-6-15(23-4)7-9-16)25-20-22(18)17(13)11-12-21(3,26-20)27-28-22/h6-9,13-14,17-20H,5,10-12H2,1-4H3/t13-,14-,17+,18+,19?,20-,21-,22-/m1/s1. The van der Waals surface area contributed by atoms with Crippen molar-refractivity contribution >= 4 is 0 Å². The minimum atomic E-state index is -0.761. The summed E-state index contributed by atoms with van der Waals surface area (Å²) in [6.45, 7) is 6.46. The summed E-state index contributed by atoms with van der Waals surface area (Å²) in [5, 5.41) is 0. The van der Waals surface area contributed by atoms with Crippen LogP contribution in [-0.4, -0.2) is 31.1 Å². The Morgan fingerprint density at radius 1 is 0.964 bits per heavy atom. The molecule has 5 aliphatic rings. The van der Waals surface area contributed by atoms with Gasteiger partial charge in [0.2, 0.25) is 12.1 Å². The molecule has 6 nitrogen and oxygen atoms in total. The number of hydrogen-bond acceptors (Lipinski definition) is 6. The van der Waals surface area contributed by atoms with Crippen LogP contribution in [-0.2, 0) is 19.2 Å². The van der Waals surface area contributed by atoms with Crippen LogP contribution < -0.4 is 9.47 Å². The van der Waals surface area contributed by atoms with Crippen molar-refractivity contribution in [3.8, 4) is 11.5 Å². The second-order valence-electron chi connectivity index (χ2n) is 9.07. The molecule has 1 aromatic carbocycles. The lowest BCUT2D eigenvalue weighted by Crippen LogP contribution is -2.70. The molecule has 6 rings (SSSR count). The van der Waals surface area contributed by atoms with Gasteiger partial charge in [0.15, 0.2) is 11.9 Å². The van der Waals surface area contributed by atoms with E-state index >= 15 is 0 Å². The second kappa shape index (κ2) is 6.59. The third-order valence-corrected chi connectivity index (χ3v) is 7.41. The van der Waals surface area contributed by atoms with Gasteiger partial charge in [-0.25, -0.2) is 9.78 Å². The highest BCUT2D eigenvalue weighted by Crippen LogP contribution is 2.60. The molecule has 4 saturated heterocycles. The number of fused-ring (bicyclic) bond motifs is 2. The predicted molar refractivity (Wildman–Crippen MR) is 100 cm³/mol. The molecule has 4 aliphatic heterocycles. The summed E-state index contributed by atoms with van der Waals surface area (Å²) in [4.78, 5) is 12.0. The average molecular weight is 390 g/mol. The average Bonchev–Trinajstić information content (AvgIpc) is 2.92. The first-order chi connectivity index (χ1) is 13.4. The summed E-state index contributed by atoms with van der Waals surface area (Å²) in [6.07, 6.45) is 3.22. The van der Waals surface area contributed by atoms with Crippen LogP contribution in [0.25, 0.3) is 0 Å². The molecule has 0 N–H and O–H groups in total. The van der Waals surface area contributed by atoms with Crippen molar-refractivity contribution in [2.45, 2.75) is 70.4 Å². The molecule has 8 atom stereocenters. The van der Waals surface area contributed by atoms with Crippen molar-refractivity contribution in [1.29, 1.82) is 0 Å². The van der Waals surface area contributed by atoms with Crippen molar-refractivity contribution in [1.82, 2.24) is 0 Å². The molecule has 2 bridgehead atoms. The van der Waals surface area contributed by atoms with Crippen molar-refractivity contribution in [2.75, 3.05) is 7.11 Å². The zero-order valence-corrected chi connectivity index (χ0v) is 17.1. The summed E-state index contributed by atoms with van der Waals surface area (Å²) >= 11 is 0. The number of methoxy groups -OCH3 is 1. The Bertz CT molecular complexity index is 722. The van der Waals surface area contributed by atoms with Gasteiger partial charge >= 0.3 is 0 Å². The van der Waals surface area contributed by atoms with Crippen LogP contribution in [0.5, 0.6) is 11.5 Å². The Balaban J connectivity index is 1.46. The highest BCUT2D eigenvalue weighted by molar-refractivity contribution is 5.31. The van der Waals surface area contributed by atoms with Gasteiger partial charge < -0.3 is 18.9 Å². The van der Waals surface area contributed by atoms with E-state index in [-0.39, 0.29) is 11.8 Å². The summed E-state index contributed by atoms with van der Waals surface area (Å²) < 4.78 is 24.3. The molecule has 6 heteroatoms. The molecule has 1 unspecified atom stereocenters. The molecule has 1 saturated carbocycles. The van der Waals surface area contributed by atoms with Crippen molar-refractivity contribution < 1.29 is 28.7 Å². The van der Waals surface area contributed by atoms with E-state index in [2.05, 4.69) is 13.8 Å². The van der Waals surface area contributed by atoms with Crippen LogP contribution in [0.2, 0.25) is 0 Å². The largest absolute Gasteiger partial charge is 0.497 e. The maximum absolute atomic E-state index is 6.44. The van der Waals surface area contributed by atoms with E-state index in [1.54, 1.807) is 7.11 Å². The number of benzene rings is 1. The van der Waals surface area contributed by atoms with E-state index < -0.39 is 24.0 Å². The Hall–Kier alpha value is -1.34. The molecule has 4 heterocycles. The van der Waals surface area contributed by atoms with Gasteiger partial charge in [-0.3, -0.25) is 0 Å². The fraction of sp³-hybridized carbons (Fsp3) is 0.727. The molecule has 1 spiro atoms. The van der Waals surface area contributed by atoms with Crippen LogP contribution >= 0.6 is 0 Å². The van der Waals surface area contributed by atoms with Gasteiger partial charge in [-0.05, 0) is 62.3 Å². The van der Waals surface area contributed by atoms with Gasteiger partial charge in [-0.2, -0.15) is 0 Å². The lowest BCUT2D eigenvalue weighted by molar-refractivity contribution is -0.575. The van der Waals surface area contributed by atoms with Crippen LogP contribution in [0.1, 0.15) is 46.5 Å². The fourth-order valence-corrected chi connectivity index (χ4v) is 5.80. The maximum atomic E-state index is 6.44. The molecule has 0 amide bonds. The summed E-state index contributed by atoms with van der Waals surface area (Å²) in [6, 6.07) is 7.60. The smallest absolute Gasteiger partial charge is 0.205 e. The number of hydrogen-bond donors (Lipinski definition) is 0. The molecular weight excluding hydrogens is 360 g/mol. The van der Waals surface area contributed by atoms with Crippen LogP contribution in [0, 0.1) is 23.7 Å². The Morgan fingerprint density at radius 2 is 1.71 bits per heavy atom. The lowest BCUT2D eigenvalue weighted by Gasteiger charge is -2.60. The molecule has 28 heavy (non-hydrogen) atoms. The van der Waals surface area contributed by atoms with Gasteiger partial charge in [0.05, 0.1) is 7.11 Å². The SMILES string of the molecule is COc1ccc(OC2O[C@@H]3O[C@@]4(C)CC[C@H]5[C@H](C)CC[C@@H]([C@H]2C)[C@@]35OO4)cc1. The topological polar surface area (TPSA) is 55.4 Å². The third-order valence-electron chi connectivity index (χ3n) is 7.41. The van der Waals surface area contributed by atoms with Crippen LogP contribution in [0.4, 0.5) is 0 Å². The molecule has 5 fully saturated rings. The molecule has 154 valence electrons. The zero-order valence-electron chi connectivity index (χ0n) is 17.1. The number of rotatable bonds is 3. The second-order valence-corrected chi connectivity index (χ2v) is 9.07. The summed E-state index contributed by atoms with van der Waals surface area (Å²) in [5.41, 5.74) is -0.549. The summed E-state index contributed by atoms with van der Waals surface area (Å²) in [5.74, 6) is 2.14. The minimum Gasteiger partial charge on any atom is -0.497 e. The monoisotopic (exact) mass is 390 g/mol. The van der Waals surface area contributed by atoms with E-state index in [1.807, 2.05) is 31.2 Å². The lowest BCUT2D eigenvalue weighted by atomic mass is 9.58. The highest BCUT2D eigenvalue weighted by Gasteiger charge is 2.69. The van der Waals surface area contributed by atoms with E-state index in [1.165, 1.54) is 6.42 Å². The van der Waals surface area contributed by atoms with E-state index in [0.717, 1.165) is 30.8 Å². The maximum Gasteiger partial charge on any atom is 0.205 e. The van der Waals surface area contributed by atoms with Crippen LogP contribution in [0.3, 0.4) is 0 Å². The van der Waals surface area contributed by atoms with Gasteiger partial charge in [0, 0.05) is 18.3 Å². The number of ether oxygens (including phenoxy) is 4. The third kappa shape index (κ3) is 2.69.